The summed E-state index contributed by atoms with van der Waals surface area (Å²) in [5, 5.41) is 0.220. The van der Waals surface area contributed by atoms with Crippen molar-refractivity contribution in [2.24, 2.45) is 5.41 Å². The number of halogens is 1. The maximum Gasteiger partial charge on any atom is 0.244 e. The normalized spacial score (nSPS) is 20.4. The molecule has 6 heteroatoms. The molecule has 0 spiro atoms. The zero-order valence-electron chi connectivity index (χ0n) is 11.2. The van der Waals surface area contributed by atoms with E-state index < -0.39 is 10.0 Å². The van der Waals surface area contributed by atoms with E-state index in [-0.39, 0.29) is 15.3 Å². The third kappa shape index (κ3) is 3.04. The van der Waals surface area contributed by atoms with Crippen molar-refractivity contribution in [3.8, 4) is 0 Å². The maximum absolute atomic E-state index is 12.6. The van der Waals surface area contributed by atoms with Gasteiger partial charge in [0, 0.05) is 18.8 Å². The largest absolute Gasteiger partial charge is 0.399 e. The molecular formula is C13H19ClN2O2S. The van der Waals surface area contributed by atoms with Gasteiger partial charge in [-0.2, -0.15) is 4.31 Å². The molecule has 1 heterocycles. The first-order valence-electron chi connectivity index (χ1n) is 6.28. The van der Waals surface area contributed by atoms with Crippen molar-refractivity contribution in [2.45, 2.75) is 31.6 Å². The topological polar surface area (TPSA) is 63.4 Å². The third-order valence-corrected chi connectivity index (χ3v) is 5.77. The highest BCUT2D eigenvalue weighted by Crippen LogP contribution is 2.34. The summed E-state index contributed by atoms with van der Waals surface area (Å²) in [6, 6.07) is 4.56. The lowest BCUT2D eigenvalue weighted by Crippen LogP contribution is -2.43. The van der Waals surface area contributed by atoms with Crippen LogP contribution in [-0.2, 0) is 10.0 Å². The van der Waals surface area contributed by atoms with Gasteiger partial charge in [-0.1, -0.05) is 25.4 Å². The Kier molecular flexibility index (Phi) is 3.82. The molecule has 0 aliphatic carbocycles. The van der Waals surface area contributed by atoms with E-state index in [4.69, 9.17) is 17.3 Å². The van der Waals surface area contributed by atoms with Crippen molar-refractivity contribution in [2.75, 3.05) is 18.8 Å². The van der Waals surface area contributed by atoms with Crippen molar-refractivity contribution in [3.63, 3.8) is 0 Å². The zero-order chi connectivity index (χ0) is 14.3. The van der Waals surface area contributed by atoms with Gasteiger partial charge in [0.2, 0.25) is 10.0 Å². The summed E-state index contributed by atoms with van der Waals surface area (Å²) in [7, 11) is -3.56. The number of hydrogen-bond acceptors (Lipinski definition) is 3. The Balaban J connectivity index is 2.39. The van der Waals surface area contributed by atoms with Gasteiger partial charge in [-0.3, -0.25) is 0 Å². The summed E-state index contributed by atoms with van der Waals surface area (Å²) in [5.74, 6) is 0. The zero-order valence-corrected chi connectivity index (χ0v) is 12.8. The van der Waals surface area contributed by atoms with Gasteiger partial charge in [-0.25, -0.2) is 8.42 Å². The minimum Gasteiger partial charge on any atom is -0.399 e. The van der Waals surface area contributed by atoms with E-state index in [0.29, 0.717) is 18.8 Å². The average molecular weight is 303 g/mol. The molecular weight excluding hydrogens is 284 g/mol. The van der Waals surface area contributed by atoms with Crippen molar-refractivity contribution in [1.82, 2.24) is 4.31 Å². The molecule has 0 unspecified atom stereocenters. The smallest absolute Gasteiger partial charge is 0.244 e. The van der Waals surface area contributed by atoms with Gasteiger partial charge in [-0.15, -0.1) is 0 Å². The lowest BCUT2D eigenvalue weighted by molar-refractivity contribution is 0.187. The number of nitrogen functional groups attached to an aromatic ring is 1. The number of piperidine rings is 1. The Labute approximate surface area is 119 Å². The Hall–Kier alpha value is -0.780. The molecule has 0 aromatic heterocycles. The minimum atomic E-state index is -3.56. The predicted octanol–water partition coefficient (Wildman–Crippen LogP) is 2.73. The predicted molar refractivity (Wildman–Crippen MR) is 77.6 cm³/mol. The van der Waals surface area contributed by atoms with Gasteiger partial charge in [0.25, 0.3) is 0 Å². The van der Waals surface area contributed by atoms with Crippen LogP contribution in [-0.4, -0.2) is 25.8 Å². The van der Waals surface area contributed by atoms with Gasteiger partial charge in [0.05, 0.1) is 5.02 Å². The molecule has 2 rings (SSSR count). The lowest BCUT2D eigenvalue weighted by Gasteiger charge is -2.37. The van der Waals surface area contributed by atoms with E-state index in [1.165, 1.54) is 16.4 Å². The van der Waals surface area contributed by atoms with Gasteiger partial charge in [0.1, 0.15) is 4.90 Å². The van der Waals surface area contributed by atoms with Crippen LogP contribution in [0.1, 0.15) is 26.7 Å². The molecule has 1 aliphatic heterocycles. The summed E-state index contributed by atoms with van der Waals surface area (Å²) < 4.78 is 26.8. The van der Waals surface area contributed by atoms with Crippen LogP contribution >= 0.6 is 11.6 Å². The van der Waals surface area contributed by atoms with Crippen molar-refractivity contribution < 1.29 is 8.42 Å². The molecule has 1 aromatic carbocycles. The second kappa shape index (κ2) is 4.96. The monoisotopic (exact) mass is 302 g/mol. The minimum absolute atomic E-state index is 0.00186. The molecule has 1 fully saturated rings. The number of hydrogen-bond donors (Lipinski definition) is 1. The SMILES string of the molecule is CC1(C)CCCN(S(=O)(=O)c2cc(N)ccc2Cl)C1. The fourth-order valence-electron chi connectivity index (χ4n) is 2.43. The Morgan fingerprint density at radius 1 is 1.37 bits per heavy atom. The molecule has 0 atom stereocenters. The summed E-state index contributed by atoms with van der Waals surface area (Å²) in [4.78, 5) is 0.104. The highest BCUT2D eigenvalue weighted by molar-refractivity contribution is 7.89. The number of benzene rings is 1. The summed E-state index contributed by atoms with van der Waals surface area (Å²) in [6.45, 7) is 5.21. The molecule has 1 aliphatic rings. The summed E-state index contributed by atoms with van der Waals surface area (Å²) in [5.41, 5.74) is 6.07. The van der Waals surface area contributed by atoms with Crippen molar-refractivity contribution in [1.29, 1.82) is 0 Å². The molecule has 19 heavy (non-hydrogen) atoms. The van der Waals surface area contributed by atoms with Crippen LogP contribution in [0.5, 0.6) is 0 Å². The molecule has 4 nitrogen and oxygen atoms in total. The fraction of sp³-hybridized carbons (Fsp3) is 0.538. The van der Waals surface area contributed by atoms with E-state index in [2.05, 4.69) is 13.8 Å². The molecule has 106 valence electrons. The van der Waals surface area contributed by atoms with E-state index in [1.54, 1.807) is 6.07 Å². The van der Waals surface area contributed by atoms with Crippen molar-refractivity contribution >= 4 is 27.3 Å². The van der Waals surface area contributed by atoms with E-state index in [9.17, 15) is 8.42 Å². The van der Waals surface area contributed by atoms with E-state index in [0.717, 1.165) is 12.8 Å². The van der Waals surface area contributed by atoms with Crippen LogP contribution in [0.15, 0.2) is 23.1 Å². The number of sulfonamides is 1. The Morgan fingerprint density at radius 2 is 2.05 bits per heavy atom. The number of nitrogens with two attached hydrogens (primary N) is 1. The molecule has 0 amide bonds. The van der Waals surface area contributed by atoms with Gasteiger partial charge in [-0.05, 0) is 36.5 Å². The highest BCUT2D eigenvalue weighted by Gasteiger charge is 2.35. The average Bonchev–Trinajstić information content (AvgIpc) is 2.31. The molecule has 1 aromatic rings. The quantitative estimate of drug-likeness (QED) is 0.854. The third-order valence-electron chi connectivity index (χ3n) is 3.44. The van der Waals surface area contributed by atoms with Gasteiger partial charge < -0.3 is 5.73 Å². The second-order valence-corrected chi connectivity index (χ2v) is 8.11. The van der Waals surface area contributed by atoms with Crippen LogP contribution in [0.4, 0.5) is 5.69 Å². The van der Waals surface area contributed by atoms with Crippen molar-refractivity contribution in [3.05, 3.63) is 23.2 Å². The lowest BCUT2D eigenvalue weighted by atomic mass is 9.85. The first kappa shape index (κ1) is 14.6. The first-order chi connectivity index (χ1) is 8.72. The van der Waals surface area contributed by atoms with Crippen LogP contribution < -0.4 is 5.73 Å². The summed E-state index contributed by atoms with van der Waals surface area (Å²) >= 11 is 6.01. The molecule has 0 saturated carbocycles. The van der Waals surface area contributed by atoms with Crippen LogP contribution in [0.3, 0.4) is 0 Å². The fourth-order valence-corrected chi connectivity index (χ4v) is 4.61. The van der Waals surface area contributed by atoms with Crippen LogP contribution in [0.25, 0.3) is 0 Å². The summed E-state index contributed by atoms with van der Waals surface area (Å²) in [6.07, 6.45) is 1.90. The number of nitrogens with zero attached hydrogens (tertiary/aromatic N) is 1. The van der Waals surface area contributed by atoms with E-state index in [1.807, 2.05) is 0 Å². The number of anilines is 1. The van der Waals surface area contributed by atoms with Crippen LogP contribution in [0.2, 0.25) is 5.02 Å². The second-order valence-electron chi connectivity index (χ2n) is 5.80. The Morgan fingerprint density at radius 3 is 2.68 bits per heavy atom. The molecule has 0 radical (unpaired) electrons. The molecule has 0 bridgehead atoms. The Bertz CT molecular complexity index is 584. The van der Waals surface area contributed by atoms with Crippen LogP contribution in [0, 0.1) is 5.41 Å². The number of rotatable bonds is 2. The highest BCUT2D eigenvalue weighted by atomic mass is 35.5. The molecule has 1 saturated heterocycles. The maximum atomic E-state index is 12.6. The standard InChI is InChI=1S/C13H19ClN2O2S/c1-13(2)6-3-7-16(9-13)19(17,18)12-8-10(15)4-5-11(12)14/h4-5,8H,3,6-7,9,15H2,1-2H3. The van der Waals surface area contributed by atoms with E-state index >= 15 is 0 Å². The van der Waals surface area contributed by atoms with Gasteiger partial charge >= 0.3 is 0 Å². The molecule has 2 N–H and O–H groups in total. The van der Waals surface area contributed by atoms with Gasteiger partial charge in [0.15, 0.2) is 0 Å². The first-order valence-corrected chi connectivity index (χ1v) is 8.09.